The van der Waals surface area contributed by atoms with Crippen molar-refractivity contribution in [3.05, 3.63) is 17.2 Å². The van der Waals surface area contributed by atoms with Crippen LogP contribution >= 0.6 is 11.6 Å². The molecular formula is C32H52ClFN6O4Si. The number of aromatic nitrogens is 3. The van der Waals surface area contributed by atoms with E-state index in [1.807, 2.05) is 20.8 Å². The van der Waals surface area contributed by atoms with Crippen molar-refractivity contribution in [2.75, 3.05) is 37.9 Å². The molecule has 4 rings (SSSR count). The SMILES string of the molecule is CC(C)(C)OC(=O)N1CCCCCN1c1nc(OCC2CCCNC(CO[Si](C)(C)C(C)(C)C)CC2)nc2c(F)c(Cl)ncc12. The predicted molar refractivity (Wildman–Crippen MR) is 179 cm³/mol. The maximum atomic E-state index is 15.4. The molecule has 2 aromatic rings. The van der Waals surface area contributed by atoms with E-state index in [9.17, 15) is 4.79 Å². The monoisotopic (exact) mass is 666 g/mol. The summed E-state index contributed by atoms with van der Waals surface area (Å²) in [6.45, 7) is 19.8. The molecule has 2 saturated heterocycles. The highest BCUT2D eigenvalue weighted by Crippen LogP contribution is 2.37. The van der Waals surface area contributed by atoms with Gasteiger partial charge in [0, 0.05) is 31.9 Å². The Bertz CT molecular complexity index is 1320. The summed E-state index contributed by atoms with van der Waals surface area (Å²) in [5.74, 6) is -0.119. The van der Waals surface area contributed by atoms with Crippen LogP contribution in [0.1, 0.15) is 86.5 Å². The number of hydrogen-bond acceptors (Lipinski definition) is 9. The van der Waals surface area contributed by atoms with Crippen molar-refractivity contribution in [3.63, 3.8) is 0 Å². The first kappa shape index (κ1) is 35.6. The standard InChI is InChI=1S/C32H52ClFN6O4Si/c1-31(2,3)44-30(41)40-18-11-9-10-17-39(40)28-24-19-36-27(33)25(34)26(24)37-29(38-28)42-20-22-13-12-16-35-23(15-14-22)21-43-45(7,8)32(4,5)6/h19,22-23,35H,9-18,20-21H2,1-8H3. The average molecular weight is 667 g/mol. The molecule has 2 atom stereocenters. The lowest BCUT2D eigenvalue weighted by atomic mass is 9.94. The summed E-state index contributed by atoms with van der Waals surface area (Å²) in [6.07, 6.45) is 7.46. The van der Waals surface area contributed by atoms with Gasteiger partial charge < -0.3 is 19.2 Å². The number of nitrogens with one attached hydrogen (secondary N) is 1. The molecule has 1 amide bonds. The van der Waals surface area contributed by atoms with E-state index in [-0.39, 0.29) is 33.7 Å². The van der Waals surface area contributed by atoms with Crippen LogP contribution in [-0.2, 0) is 9.16 Å². The van der Waals surface area contributed by atoms with Crippen molar-refractivity contribution in [3.8, 4) is 6.01 Å². The number of anilines is 1. The molecule has 0 spiro atoms. The van der Waals surface area contributed by atoms with Gasteiger partial charge in [0.15, 0.2) is 25.1 Å². The Hall–Kier alpha value is -2.28. The van der Waals surface area contributed by atoms with E-state index in [1.165, 1.54) is 6.20 Å². The van der Waals surface area contributed by atoms with Crippen LogP contribution < -0.4 is 15.1 Å². The Morgan fingerprint density at radius 1 is 1.04 bits per heavy atom. The number of rotatable bonds is 7. The molecule has 45 heavy (non-hydrogen) atoms. The van der Waals surface area contributed by atoms with Gasteiger partial charge in [-0.05, 0) is 96.3 Å². The molecule has 2 fully saturated rings. The van der Waals surface area contributed by atoms with Crippen LogP contribution in [0, 0.1) is 11.7 Å². The van der Waals surface area contributed by atoms with Gasteiger partial charge in [-0.2, -0.15) is 9.97 Å². The van der Waals surface area contributed by atoms with Crippen LogP contribution in [0.25, 0.3) is 10.9 Å². The van der Waals surface area contributed by atoms with Crippen molar-refractivity contribution in [2.24, 2.45) is 5.92 Å². The molecule has 1 N–H and O–H groups in total. The third-order valence-electron chi connectivity index (χ3n) is 9.03. The molecule has 2 aliphatic heterocycles. The largest absolute Gasteiger partial charge is 0.463 e. The van der Waals surface area contributed by atoms with Gasteiger partial charge in [-0.3, -0.25) is 5.01 Å². The van der Waals surface area contributed by atoms with Crippen LogP contribution in [0.5, 0.6) is 6.01 Å². The van der Waals surface area contributed by atoms with Gasteiger partial charge in [0.1, 0.15) is 11.1 Å². The molecule has 0 aliphatic carbocycles. The molecular weight excluding hydrogens is 615 g/mol. The molecule has 0 saturated carbocycles. The third kappa shape index (κ3) is 9.39. The lowest BCUT2D eigenvalue weighted by Crippen LogP contribution is -2.49. The van der Waals surface area contributed by atoms with E-state index in [2.05, 4.69) is 49.1 Å². The molecule has 2 unspecified atom stereocenters. The van der Waals surface area contributed by atoms with Gasteiger partial charge in [0.2, 0.25) is 0 Å². The summed E-state index contributed by atoms with van der Waals surface area (Å²) in [4.78, 5) is 26.6. The van der Waals surface area contributed by atoms with E-state index in [0.29, 0.717) is 37.5 Å². The van der Waals surface area contributed by atoms with E-state index in [1.54, 1.807) is 10.0 Å². The summed E-state index contributed by atoms with van der Waals surface area (Å²) in [5.41, 5.74) is -0.672. The predicted octanol–water partition coefficient (Wildman–Crippen LogP) is 7.51. The van der Waals surface area contributed by atoms with E-state index in [4.69, 9.17) is 30.5 Å². The number of nitrogens with zero attached hydrogens (tertiary/aromatic N) is 5. The highest BCUT2D eigenvalue weighted by atomic mass is 35.5. The van der Waals surface area contributed by atoms with Crippen molar-refractivity contribution in [1.82, 2.24) is 25.3 Å². The number of hydrazine groups is 1. The number of carbonyl (C=O) groups is 1. The molecule has 2 aliphatic rings. The van der Waals surface area contributed by atoms with E-state index < -0.39 is 25.8 Å². The van der Waals surface area contributed by atoms with Gasteiger partial charge in [0.25, 0.3) is 0 Å². The molecule has 10 nitrogen and oxygen atoms in total. The second-order valence-electron chi connectivity index (χ2n) is 14.9. The fourth-order valence-corrected chi connectivity index (χ4v) is 6.52. The number of halogens is 2. The van der Waals surface area contributed by atoms with Gasteiger partial charge >= 0.3 is 12.1 Å². The smallest absolute Gasteiger partial charge is 0.429 e. The van der Waals surface area contributed by atoms with Crippen LogP contribution in [-0.4, -0.2) is 78.9 Å². The normalized spacial score (nSPS) is 20.8. The minimum absolute atomic E-state index is 0.00749. The number of fused-ring (bicyclic) bond motifs is 1. The molecule has 0 radical (unpaired) electrons. The van der Waals surface area contributed by atoms with Crippen molar-refractivity contribution < 1.29 is 23.1 Å². The van der Waals surface area contributed by atoms with Crippen molar-refractivity contribution >= 4 is 42.7 Å². The zero-order valence-electron chi connectivity index (χ0n) is 28.3. The first-order valence-corrected chi connectivity index (χ1v) is 19.6. The first-order chi connectivity index (χ1) is 21.1. The lowest BCUT2D eigenvalue weighted by Gasteiger charge is -2.38. The maximum absolute atomic E-state index is 15.4. The molecule has 4 heterocycles. The molecule has 0 bridgehead atoms. The molecule has 13 heteroatoms. The summed E-state index contributed by atoms with van der Waals surface area (Å²) < 4.78 is 33.8. The Labute approximate surface area is 273 Å². The third-order valence-corrected chi connectivity index (χ3v) is 13.8. The molecule has 252 valence electrons. The fraction of sp³-hybridized carbons (Fsp3) is 0.750. The van der Waals surface area contributed by atoms with Crippen molar-refractivity contribution in [2.45, 2.75) is 116 Å². The second-order valence-corrected chi connectivity index (χ2v) is 20.0. The highest BCUT2D eigenvalue weighted by molar-refractivity contribution is 6.74. The number of amides is 1. The van der Waals surface area contributed by atoms with Gasteiger partial charge in [-0.1, -0.05) is 32.4 Å². The summed E-state index contributed by atoms with van der Waals surface area (Å²) in [6, 6.07) is 0.334. The maximum Gasteiger partial charge on any atom is 0.429 e. The van der Waals surface area contributed by atoms with Crippen LogP contribution in [0.15, 0.2) is 6.20 Å². The van der Waals surface area contributed by atoms with Gasteiger partial charge in [0.05, 0.1) is 12.0 Å². The summed E-state index contributed by atoms with van der Waals surface area (Å²) in [7, 11) is -1.83. The Kier molecular flexibility index (Phi) is 11.6. The van der Waals surface area contributed by atoms with Gasteiger partial charge in [-0.15, -0.1) is 0 Å². The minimum Gasteiger partial charge on any atom is -0.463 e. The van der Waals surface area contributed by atoms with E-state index in [0.717, 1.165) is 51.5 Å². The Morgan fingerprint density at radius 2 is 1.78 bits per heavy atom. The Morgan fingerprint density at radius 3 is 2.49 bits per heavy atom. The zero-order valence-corrected chi connectivity index (χ0v) is 30.1. The lowest BCUT2D eigenvalue weighted by molar-refractivity contribution is 0.0232. The minimum atomic E-state index is -1.83. The number of hydrogen-bond donors (Lipinski definition) is 1. The fourth-order valence-electron chi connectivity index (χ4n) is 5.33. The first-order valence-electron chi connectivity index (χ1n) is 16.4. The van der Waals surface area contributed by atoms with Crippen LogP contribution in [0.3, 0.4) is 0 Å². The molecule has 0 aromatic carbocycles. The summed E-state index contributed by atoms with van der Waals surface area (Å²) in [5, 5.41) is 7.20. The Balaban J connectivity index is 1.54. The number of pyridine rings is 1. The van der Waals surface area contributed by atoms with Gasteiger partial charge in [-0.25, -0.2) is 19.2 Å². The topological polar surface area (TPSA) is 102 Å². The number of ether oxygens (including phenoxy) is 2. The average Bonchev–Trinajstić information content (AvgIpc) is 3.19. The van der Waals surface area contributed by atoms with Crippen LogP contribution in [0.4, 0.5) is 15.0 Å². The summed E-state index contributed by atoms with van der Waals surface area (Å²) >= 11 is 6.08. The van der Waals surface area contributed by atoms with Crippen molar-refractivity contribution in [1.29, 1.82) is 0 Å². The van der Waals surface area contributed by atoms with E-state index >= 15 is 4.39 Å². The van der Waals surface area contributed by atoms with Crippen LogP contribution in [0.2, 0.25) is 23.3 Å². The molecule has 2 aromatic heterocycles. The second kappa shape index (κ2) is 14.6. The zero-order chi connectivity index (χ0) is 33.0. The number of carbonyl (C=O) groups excluding carboxylic acids is 1. The highest BCUT2D eigenvalue weighted by Gasteiger charge is 2.38. The quantitative estimate of drug-likeness (QED) is 0.238.